The normalized spacial score (nSPS) is 17.4. The summed E-state index contributed by atoms with van der Waals surface area (Å²) >= 11 is 0. The number of nitrogens with zero attached hydrogens (tertiary/aromatic N) is 1. The number of ether oxygens (including phenoxy) is 1. The summed E-state index contributed by atoms with van der Waals surface area (Å²) in [5.74, 6) is -2.87. The van der Waals surface area contributed by atoms with Crippen LogP contribution in [0, 0.1) is 0 Å². The molecule has 1 aliphatic heterocycles. The molecular formula is C28H18F3NO5. The monoisotopic (exact) mass is 505 g/mol. The van der Waals surface area contributed by atoms with E-state index in [9.17, 15) is 33.0 Å². The Morgan fingerprint density at radius 2 is 1.49 bits per heavy atom. The highest BCUT2D eigenvalue weighted by Crippen LogP contribution is 2.43. The van der Waals surface area contributed by atoms with Crippen molar-refractivity contribution in [2.45, 2.75) is 12.4 Å². The van der Waals surface area contributed by atoms with Crippen LogP contribution in [0.25, 0.3) is 16.5 Å². The van der Waals surface area contributed by atoms with Crippen molar-refractivity contribution in [1.82, 2.24) is 0 Å². The van der Waals surface area contributed by atoms with Gasteiger partial charge in [-0.25, -0.2) is 0 Å². The third-order valence-electron chi connectivity index (χ3n) is 6.02. The Kier molecular flexibility index (Phi) is 5.83. The Morgan fingerprint density at radius 3 is 2.14 bits per heavy atom. The highest BCUT2D eigenvalue weighted by Gasteiger charge is 2.47. The van der Waals surface area contributed by atoms with Crippen molar-refractivity contribution in [2.75, 3.05) is 4.90 Å². The minimum Gasteiger partial charge on any atom is -0.508 e. The number of hydrogen-bond acceptors (Lipinski definition) is 5. The fourth-order valence-corrected chi connectivity index (χ4v) is 4.37. The molecule has 1 atom stereocenters. The number of Topliss-reactive ketones (excluding diaryl/α,β-unsaturated/α-hetero) is 1. The first-order valence-electron chi connectivity index (χ1n) is 11.1. The number of aliphatic hydroxyl groups is 1. The van der Waals surface area contributed by atoms with E-state index in [1.165, 1.54) is 36.4 Å². The lowest BCUT2D eigenvalue weighted by molar-refractivity contribution is -0.274. The highest BCUT2D eigenvalue weighted by atomic mass is 19.4. The smallest absolute Gasteiger partial charge is 0.508 e. The minimum atomic E-state index is -4.89. The van der Waals surface area contributed by atoms with E-state index >= 15 is 0 Å². The van der Waals surface area contributed by atoms with Gasteiger partial charge in [0.2, 0.25) is 0 Å². The van der Waals surface area contributed by atoms with Gasteiger partial charge in [0.15, 0.2) is 0 Å². The molecule has 0 spiro atoms. The van der Waals surface area contributed by atoms with E-state index in [1.54, 1.807) is 18.2 Å². The van der Waals surface area contributed by atoms with Gasteiger partial charge in [-0.2, -0.15) is 0 Å². The number of aromatic hydroxyl groups is 1. The van der Waals surface area contributed by atoms with Crippen LogP contribution in [-0.4, -0.2) is 28.3 Å². The number of rotatable bonds is 4. The first-order valence-corrected chi connectivity index (χ1v) is 11.1. The molecule has 186 valence electrons. The molecule has 0 aliphatic carbocycles. The number of phenolic OH excluding ortho intramolecular Hbond substituents is 1. The van der Waals surface area contributed by atoms with Gasteiger partial charge >= 0.3 is 6.36 Å². The van der Waals surface area contributed by atoms with Gasteiger partial charge in [-0.3, -0.25) is 14.5 Å². The summed E-state index contributed by atoms with van der Waals surface area (Å²) in [6.45, 7) is 0. The average molecular weight is 505 g/mol. The molecule has 1 heterocycles. The lowest BCUT2D eigenvalue weighted by atomic mass is 9.94. The van der Waals surface area contributed by atoms with Crippen molar-refractivity contribution >= 4 is 33.9 Å². The van der Waals surface area contributed by atoms with Crippen molar-refractivity contribution in [2.24, 2.45) is 0 Å². The predicted octanol–water partition coefficient (Wildman–Crippen LogP) is 6.07. The van der Waals surface area contributed by atoms with E-state index in [0.29, 0.717) is 11.1 Å². The van der Waals surface area contributed by atoms with Gasteiger partial charge < -0.3 is 14.9 Å². The van der Waals surface area contributed by atoms with Crippen LogP contribution < -0.4 is 9.64 Å². The maximum absolute atomic E-state index is 13.2. The molecule has 5 rings (SSSR count). The zero-order valence-corrected chi connectivity index (χ0v) is 18.9. The zero-order chi connectivity index (χ0) is 26.3. The largest absolute Gasteiger partial charge is 0.573 e. The summed E-state index contributed by atoms with van der Waals surface area (Å²) in [5.41, 5.74) is 0.637. The van der Waals surface area contributed by atoms with E-state index in [4.69, 9.17) is 0 Å². The van der Waals surface area contributed by atoms with E-state index in [1.807, 2.05) is 24.3 Å². The number of aliphatic hydroxyl groups excluding tert-OH is 1. The molecule has 2 N–H and O–H groups in total. The van der Waals surface area contributed by atoms with Crippen LogP contribution in [0.5, 0.6) is 11.5 Å². The molecule has 1 fully saturated rings. The number of amides is 1. The molecule has 1 amide bonds. The second-order valence-electron chi connectivity index (χ2n) is 8.36. The third kappa shape index (κ3) is 4.58. The molecular weight excluding hydrogens is 487 g/mol. The summed E-state index contributed by atoms with van der Waals surface area (Å²) in [5, 5.41) is 22.7. The number of fused-ring (bicyclic) bond motifs is 1. The molecule has 1 aliphatic rings. The molecule has 4 aromatic carbocycles. The maximum atomic E-state index is 13.2. The Hall–Kier alpha value is -4.79. The van der Waals surface area contributed by atoms with Crippen molar-refractivity contribution in [1.29, 1.82) is 0 Å². The second-order valence-corrected chi connectivity index (χ2v) is 8.36. The van der Waals surface area contributed by atoms with Crippen LogP contribution in [0.4, 0.5) is 18.9 Å². The second kappa shape index (κ2) is 9.02. The number of carbonyl (C=O) groups excluding carboxylic acids is 2. The Labute approximate surface area is 208 Å². The van der Waals surface area contributed by atoms with E-state index in [-0.39, 0.29) is 17.0 Å². The summed E-state index contributed by atoms with van der Waals surface area (Å²) in [7, 11) is 0. The molecule has 9 heteroatoms. The van der Waals surface area contributed by atoms with Crippen LogP contribution in [0.15, 0.2) is 96.6 Å². The van der Waals surface area contributed by atoms with Gasteiger partial charge in [-0.05, 0) is 58.8 Å². The van der Waals surface area contributed by atoms with Gasteiger partial charge in [-0.1, -0.05) is 48.5 Å². The highest BCUT2D eigenvalue weighted by molar-refractivity contribution is 6.51. The summed E-state index contributed by atoms with van der Waals surface area (Å²) in [6.07, 6.45) is -4.89. The van der Waals surface area contributed by atoms with Crippen molar-refractivity contribution in [3.05, 3.63) is 108 Å². The maximum Gasteiger partial charge on any atom is 0.573 e. The SMILES string of the molecule is O=C1C(=O)N(c2ccc(OC(F)(F)F)cc2)C(c2ccc(O)cc2)/C1=C(/O)c1ccc2ccccc2c1. The Morgan fingerprint density at radius 1 is 0.838 bits per heavy atom. The fraction of sp³-hybridized carbons (Fsp3) is 0.0714. The third-order valence-corrected chi connectivity index (χ3v) is 6.02. The van der Waals surface area contributed by atoms with E-state index in [2.05, 4.69) is 4.74 Å². The molecule has 0 radical (unpaired) electrons. The van der Waals surface area contributed by atoms with Gasteiger partial charge in [0.05, 0.1) is 11.6 Å². The zero-order valence-electron chi connectivity index (χ0n) is 18.9. The van der Waals surface area contributed by atoms with Crippen LogP contribution in [0.1, 0.15) is 17.2 Å². The summed E-state index contributed by atoms with van der Waals surface area (Å²) in [6, 6.07) is 21.6. The molecule has 1 saturated heterocycles. The molecule has 37 heavy (non-hydrogen) atoms. The average Bonchev–Trinajstić information content (AvgIpc) is 3.13. The Balaban J connectivity index is 1.65. The van der Waals surface area contributed by atoms with Crippen molar-refractivity contribution in [3.63, 3.8) is 0 Å². The Bertz CT molecular complexity index is 1540. The number of carbonyl (C=O) groups is 2. The lowest BCUT2D eigenvalue weighted by Crippen LogP contribution is -2.29. The van der Waals surface area contributed by atoms with Crippen LogP contribution in [0.3, 0.4) is 0 Å². The van der Waals surface area contributed by atoms with Gasteiger partial charge in [0, 0.05) is 11.3 Å². The molecule has 0 saturated carbocycles. The minimum absolute atomic E-state index is 0.0520. The first kappa shape index (κ1) is 23.9. The first-order chi connectivity index (χ1) is 17.6. The predicted molar refractivity (Wildman–Crippen MR) is 130 cm³/mol. The molecule has 6 nitrogen and oxygen atoms in total. The van der Waals surface area contributed by atoms with E-state index in [0.717, 1.165) is 27.8 Å². The van der Waals surface area contributed by atoms with Gasteiger partial charge in [-0.15, -0.1) is 13.2 Å². The van der Waals surface area contributed by atoms with Crippen LogP contribution in [-0.2, 0) is 9.59 Å². The van der Waals surface area contributed by atoms with Gasteiger partial charge in [0.25, 0.3) is 11.7 Å². The van der Waals surface area contributed by atoms with Crippen molar-refractivity contribution < 1.29 is 37.7 Å². The fourth-order valence-electron chi connectivity index (χ4n) is 4.37. The number of anilines is 1. The number of halogens is 3. The summed E-state index contributed by atoms with van der Waals surface area (Å²) in [4.78, 5) is 27.5. The topological polar surface area (TPSA) is 87.1 Å². The molecule has 0 aromatic heterocycles. The molecule has 0 bridgehead atoms. The quantitative estimate of drug-likeness (QED) is 0.200. The standard InChI is InChI=1S/C28H18F3NO5/c29-28(30,31)37-22-13-9-20(10-14-22)32-24(17-7-11-21(33)12-8-17)23(26(35)27(32)36)25(34)19-6-5-16-3-1-2-4-18(16)15-19/h1-15,24,33-34H/b25-23-. The molecule has 4 aromatic rings. The van der Waals surface area contributed by atoms with Crippen LogP contribution in [0.2, 0.25) is 0 Å². The number of alkyl halides is 3. The van der Waals surface area contributed by atoms with Crippen LogP contribution >= 0.6 is 0 Å². The number of ketones is 1. The number of hydrogen-bond donors (Lipinski definition) is 2. The number of benzene rings is 4. The van der Waals surface area contributed by atoms with Crippen molar-refractivity contribution in [3.8, 4) is 11.5 Å². The number of phenols is 1. The lowest BCUT2D eigenvalue weighted by Gasteiger charge is -2.25. The van der Waals surface area contributed by atoms with Gasteiger partial charge in [0.1, 0.15) is 17.3 Å². The summed E-state index contributed by atoms with van der Waals surface area (Å²) < 4.78 is 41.7. The molecule has 1 unspecified atom stereocenters. The van der Waals surface area contributed by atoms with E-state index < -0.39 is 35.6 Å².